The Morgan fingerprint density at radius 2 is 1.88 bits per heavy atom. The first-order valence-electron chi connectivity index (χ1n) is 7.17. The number of hydrogen-bond acceptors (Lipinski definition) is 4. The fourth-order valence-corrected chi connectivity index (χ4v) is 2.85. The summed E-state index contributed by atoms with van der Waals surface area (Å²) in [6, 6.07) is 8.65. The lowest BCUT2D eigenvalue weighted by Gasteiger charge is -2.17. The Labute approximate surface area is 154 Å². The van der Waals surface area contributed by atoms with E-state index in [2.05, 4.69) is 36.2 Å². The molecule has 2 aromatic heterocycles. The standard InChI is InChI=1S/C16H11BrClF3N4/c1-8(11-3-2-4-13(23-11)16(19,20)21)22-14-10-7-9(17)5-6-12(10)24-15(18)25-14/h2-8H,1H3,(H,22,24,25)/t8-/m1/s1. The van der Waals surface area contributed by atoms with E-state index in [4.69, 9.17) is 11.6 Å². The molecular formula is C16H11BrClF3N4. The fraction of sp³-hybridized carbons (Fsp3) is 0.188. The molecule has 0 bridgehead atoms. The van der Waals surface area contributed by atoms with Crippen molar-refractivity contribution in [1.29, 1.82) is 0 Å². The Morgan fingerprint density at radius 1 is 1.12 bits per heavy atom. The molecule has 0 unspecified atom stereocenters. The van der Waals surface area contributed by atoms with Crippen molar-refractivity contribution in [3.8, 4) is 0 Å². The van der Waals surface area contributed by atoms with Gasteiger partial charge in [0.25, 0.3) is 0 Å². The number of benzene rings is 1. The Bertz CT molecular complexity index is 933. The lowest BCUT2D eigenvalue weighted by Crippen LogP contribution is -2.14. The number of alkyl halides is 3. The number of rotatable bonds is 3. The molecule has 0 amide bonds. The molecule has 0 aliphatic carbocycles. The van der Waals surface area contributed by atoms with Crippen molar-refractivity contribution in [3.63, 3.8) is 0 Å². The minimum atomic E-state index is -4.49. The molecule has 0 saturated carbocycles. The van der Waals surface area contributed by atoms with Crippen molar-refractivity contribution in [2.24, 2.45) is 0 Å². The van der Waals surface area contributed by atoms with Gasteiger partial charge < -0.3 is 5.32 Å². The molecular weight excluding hydrogens is 421 g/mol. The largest absolute Gasteiger partial charge is 0.433 e. The Morgan fingerprint density at radius 3 is 2.60 bits per heavy atom. The van der Waals surface area contributed by atoms with Crippen LogP contribution in [0.15, 0.2) is 40.9 Å². The van der Waals surface area contributed by atoms with Crippen LogP contribution in [-0.4, -0.2) is 15.0 Å². The van der Waals surface area contributed by atoms with Crippen LogP contribution in [0, 0.1) is 0 Å². The molecule has 130 valence electrons. The fourth-order valence-electron chi connectivity index (χ4n) is 2.31. The first-order chi connectivity index (χ1) is 11.7. The van der Waals surface area contributed by atoms with Crippen LogP contribution in [0.2, 0.25) is 5.28 Å². The van der Waals surface area contributed by atoms with E-state index >= 15 is 0 Å². The SMILES string of the molecule is C[C@@H](Nc1nc(Cl)nc2ccc(Br)cc12)c1cccc(C(F)(F)F)n1. The minimum absolute atomic E-state index is 0.0431. The molecule has 0 radical (unpaired) electrons. The molecule has 1 aromatic carbocycles. The van der Waals surface area contributed by atoms with Gasteiger partial charge in [-0.2, -0.15) is 13.2 Å². The molecule has 25 heavy (non-hydrogen) atoms. The van der Waals surface area contributed by atoms with E-state index in [1.54, 1.807) is 19.1 Å². The summed E-state index contributed by atoms with van der Waals surface area (Å²) in [7, 11) is 0. The lowest BCUT2D eigenvalue weighted by molar-refractivity contribution is -0.141. The number of anilines is 1. The summed E-state index contributed by atoms with van der Waals surface area (Å²) in [6.07, 6.45) is -4.49. The van der Waals surface area contributed by atoms with Crippen LogP contribution in [0.4, 0.5) is 19.0 Å². The Hall–Kier alpha value is -1.93. The molecule has 1 atom stereocenters. The van der Waals surface area contributed by atoms with Crippen LogP contribution in [0.25, 0.3) is 10.9 Å². The molecule has 0 spiro atoms. The van der Waals surface area contributed by atoms with Gasteiger partial charge in [0.1, 0.15) is 11.5 Å². The van der Waals surface area contributed by atoms with E-state index in [1.807, 2.05) is 6.07 Å². The van der Waals surface area contributed by atoms with Gasteiger partial charge in [0.2, 0.25) is 5.28 Å². The highest BCUT2D eigenvalue weighted by molar-refractivity contribution is 9.10. The van der Waals surface area contributed by atoms with Crippen LogP contribution in [-0.2, 0) is 6.18 Å². The molecule has 4 nitrogen and oxygen atoms in total. The maximum Gasteiger partial charge on any atom is 0.433 e. The summed E-state index contributed by atoms with van der Waals surface area (Å²) in [5.74, 6) is 0.419. The van der Waals surface area contributed by atoms with Crippen molar-refractivity contribution < 1.29 is 13.2 Å². The van der Waals surface area contributed by atoms with Gasteiger partial charge in [-0.05, 0) is 48.9 Å². The van der Waals surface area contributed by atoms with Gasteiger partial charge in [-0.25, -0.2) is 15.0 Å². The van der Waals surface area contributed by atoms with E-state index in [0.29, 0.717) is 16.7 Å². The van der Waals surface area contributed by atoms with E-state index in [1.165, 1.54) is 12.1 Å². The average Bonchev–Trinajstić information content (AvgIpc) is 2.55. The van der Waals surface area contributed by atoms with Gasteiger partial charge in [-0.1, -0.05) is 22.0 Å². The minimum Gasteiger partial charge on any atom is -0.361 e. The number of aromatic nitrogens is 3. The summed E-state index contributed by atoms with van der Waals surface area (Å²) < 4.78 is 39.3. The predicted octanol–water partition coefficient (Wildman–Crippen LogP) is 5.63. The average molecular weight is 432 g/mol. The number of fused-ring (bicyclic) bond motifs is 1. The molecule has 0 aliphatic rings. The molecule has 0 fully saturated rings. The molecule has 2 heterocycles. The topological polar surface area (TPSA) is 50.7 Å². The maximum absolute atomic E-state index is 12.8. The van der Waals surface area contributed by atoms with Crippen molar-refractivity contribution in [3.05, 3.63) is 57.5 Å². The summed E-state index contributed by atoms with van der Waals surface area (Å²) in [5.41, 5.74) is -0.0745. The Kier molecular flexibility index (Phi) is 4.83. The zero-order valence-corrected chi connectivity index (χ0v) is 15.1. The molecule has 3 aromatic rings. The highest BCUT2D eigenvalue weighted by Gasteiger charge is 2.32. The Balaban J connectivity index is 1.97. The number of pyridine rings is 1. The van der Waals surface area contributed by atoms with Crippen molar-refractivity contribution in [2.45, 2.75) is 19.1 Å². The van der Waals surface area contributed by atoms with Crippen LogP contribution in [0.1, 0.15) is 24.4 Å². The summed E-state index contributed by atoms with van der Waals surface area (Å²) in [4.78, 5) is 12.0. The number of hydrogen-bond donors (Lipinski definition) is 1. The van der Waals surface area contributed by atoms with E-state index < -0.39 is 17.9 Å². The third kappa shape index (κ3) is 4.01. The normalized spacial score (nSPS) is 13.0. The number of halogens is 5. The highest BCUT2D eigenvalue weighted by atomic mass is 79.9. The third-order valence-electron chi connectivity index (χ3n) is 3.49. The molecule has 0 saturated heterocycles. The predicted molar refractivity (Wildman–Crippen MR) is 93.5 cm³/mol. The maximum atomic E-state index is 12.8. The van der Waals surface area contributed by atoms with Gasteiger partial charge >= 0.3 is 6.18 Å². The van der Waals surface area contributed by atoms with Gasteiger partial charge in [0.15, 0.2) is 0 Å². The molecule has 9 heteroatoms. The zero-order chi connectivity index (χ0) is 18.2. The third-order valence-corrected chi connectivity index (χ3v) is 4.15. The summed E-state index contributed by atoms with van der Waals surface area (Å²) in [6.45, 7) is 1.70. The lowest BCUT2D eigenvalue weighted by atomic mass is 10.1. The summed E-state index contributed by atoms with van der Waals surface area (Å²) >= 11 is 9.31. The van der Waals surface area contributed by atoms with Crippen molar-refractivity contribution in [2.75, 3.05) is 5.32 Å². The second-order valence-electron chi connectivity index (χ2n) is 5.31. The summed E-state index contributed by atoms with van der Waals surface area (Å²) in [5, 5.41) is 3.80. The second kappa shape index (κ2) is 6.76. The van der Waals surface area contributed by atoms with Crippen molar-refractivity contribution in [1.82, 2.24) is 15.0 Å². The number of nitrogens with zero attached hydrogens (tertiary/aromatic N) is 3. The molecule has 1 N–H and O–H groups in total. The zero-order valence-electron chi connectivity index (χ0n) is 12.8. The first kappa shape index (κ1) is 17.9. The van der Waals surface area contributed by atoms with Gasteiger partial charge in [0.05, 0.1) is 17.3 Å². The highest BCUT2D eigenvalue weighted by Crippen LogP contribution is 2.30. The first-order valence-corrected chi connectivity index (χ1v) is 8.34. The van der Waals surface area contributed by atoms with Crippen LogP contribution >= 0.6 is 27.5 Å². The van der Waals surface area contributed by atoms with E-state index in [0.717, 1.165) is 10.5 Å². The smallest absolute Gasteiger partial charge is 0.361 e. The van der Waals surface area contributed by atoms with Crippen LogP contribution in [0.3, 0.4) is 0 Å². The quantitative estimate of drug-likeness (QED) is 0.546. The number of nitrogens with one attached hydrogen (secondary N) is 1. The molecule has 0 aliphatic heterocycles. The van der Waals surface area contributed by atoms with Crippen LogP contribution in [0.5, 0.6) is 0 Å². The van der Waals surface area contributed by atoms with E-state index in [-0.39, 0.29) is 11.0 Å². The molecule has 3 rings (SSSR count). The van der Waals surface area contributed by atoms with E-state index in [9.17, 15) is 13.2 Å². The van der Waals surface area contributed by atoms with Crippen molar-refractivity contribution >= 4 is 44.3 Å². The van der Waals surface area contributed by atoms with Gasteiger partial charge in [-0.15, -0.1) is 0 Å². The van der Waals surface area contributed by atoms with Gasteiger partial charge in [-0.3, -0.25) is 0 Å². The monoisotopic (exact) mass is 430 g/mol. The van der Waals surface area contributed by atoms with Crippen LogP contribution < -0.4 is 5.32 Å². The second-order valence-corrected chi connectivity index (χ2v) is 6.57. The van der Waals surface area contributed by atoms with Gasteiger partial charge in [0, 0.05) is 9.86 Å².